The van der Waals surface area contributed by atoms with Crippen LogP contribution in [0.3, 0.4) is 0 Å². The number of halogens is 3. The molecule has 2 heterocycles. The topological polar surface area (TPSA) is 32.8 Å². The maximum atomic E-state index is 12.5. The van der Waals surface area contributed by atoms with Crippen LogP contribution in [0.2, 0.25) is 0 Å². The molecule has 1 spiro atoms. The van der Waals surface area contributed by atoms with Crippen molar-refractivity contribution in [3.8, 4) is 0 Å². The summed E-state index contributed by atoms with van der Waals surface area (Å²) in [6.07, 6.45) is -2.54. The van der Waals surface area contributed by atoms with Crippen molar-refractivity contribution >= 4 is 6.09 Å². The number of nitrogens with zero attached hydrogens (tertiary/aromatic N) is 2. The molecule has 0 bridgehead atoms. The van der Waals surface area contributed by atoms with Crippen molar-refractivity contribution in [2.75, 3.05) is 26.2 Å². The highest BCUT2D eigenvalue weighted by molar-refractivity contribution is 5.69. The van der Waals surface area contributed by atoms with Gasteiger partial charge in [0.25, 0.3) is 0 Å². The summed E-state index contributed by atoms with van der Waals surface area (Å²) in [7, 11) is 0. The molecule has 0 radical (unpaired) electrons. The van der Waals surface area contributed by atoms with E-state index in [4.69, 9.17) is 4.74 Å². The molecular weight excluding hydrogens is 297 g/mol. The molecule has 3 fully saturated rings. The summed E-state index contributed by atoms with van der Waals surface area (Å²) >= 11 is 0. The number of rotatable bonds is 1. The Morgan fingerprint density at radius 1 is 1.14 bits per heavy atom. The fourth-order valence-corrected chi connectivity index (χ4v) is 3.69. The average molecular weight is 320 g/mol. The molecule has 4 nitrogen and oxygen atoms in total. The fraction of sp³-hybridized carbons (Fsp3) is 0.933. The highest BCUT2D eigenvalue weighted by Gasteiger charge is 2.58. The Bertz CT molecular complexity index is 452. The van der Waals surface area contributed by atoms with Crippen molar-refractivity contribution in [3.63, 3.8) is 0 Å². The first-order valence-corrected chi connectivity index (χ1v) is 7.76. The standard InChI is InChI=1S/C15H23F3N2O2/c1-13(2,3)22-12(21)20-8-14(9-20)4-11(5-14)19-6-10(7-19)15(16,17)18/h10-11H,4-9H2,1-3H3. The van der Waals surface area contributed by atoms with Gasteiger partial charge in [0.05, 0.1) is 5.92 Å². The summed E-state index contributed by atoms with van der Waals surface area (Å²) in [5.41, 5.74) is -0.364. The molecule has 1 amide bonds. The van der Waals surface area contributed by atoms with Crippen molar-refractivity contribution in [1.82, 2.24) is 9.80 Å². The molecule has 1 aliphatic carbocycles. The molecule has 7 heteroatoms. The lowest BCUT2D eigenvalue weighted by molar-refractivity contribution is -0.226. The lowest BCUT2D eigenvalue weighted by atomic mass is 9.59. The number of likely N-dealkylation sites (tertiary alicyclic amines) is 2. The van der Waals surface area contributed by atoms with Gasteiger partial charge in [-0.05, 0) is 33.6 Å². The number of hydrogen-bond acceptors (Lipinski definition) is 3. The van der Waals surface area contributed by atoms with Crippen LogP contribution in [0, 0.1) is 11.3 Å². The molecule has 0 aromatic rings. The fourth-order valence-electron chi connectivity index (χ4n) is 3.69. The zero-order valence-electron chi connectivity index (χ0n) is 13.2. The predicted molar refractivity (Wildman–Crippen MR) is 74.4 cm³/mol. The van der Waals surface area contributed by atoms with Crippen LogP contribution in [0.25, 0.3) is 0 Å². The van der Waals surface area contributed by atoms with Gasteiger partial charge in [0.1, 0.15) is 5.60 Å². The van der Waals surface area contributed by atoms with Crippen LogP contribution >= 0.6 is 0 Å². The SMILES string of the molecule is CC(C)(C)OC(=O)N1CC2(CC(N3CC(C(F)(F)F)C3)C2)C1. The Hall–Kier alpha value is -0.980. The zero-order chi connectivity index (χ0) is 16.3. The van der Waals surface area contributed by atoms with Crippen LogP contribution in [0.1, 0.15) is 33.6 Å². The molecular formula is C15H23F3N2O2. The van der Waals surface area contributed by atoms with Gasteiger partial charge in [-0.15, -0.1) is 0 Å². The van der Waals surface area contributed by atoms with Crippen molar-refractivity contribution < 1.29 is 22.7 Å². The third-order valence-electron chi connectivity index (χ3n) is 4.93. The van der Waals surface area contributed by atoms with Crippen LogP contribution < -0.4 is 0 Å². The van der Waals surface area contributed by atoms with E-state index in [1.165, 1.54) is 0 Å². The Morgan fingerprint density at radius 2 is 1.68 bits per heavy atom. The summed E-state index contributed by atoms with van der Waals surface area (Å²) in [4.78, 5) is 15.5. The Kier molecular flexibility index (Phi) is 3.44. The number of alkyl halides is 3. The maximum absolute atomic E-state index is 12.5. The van der Waals surface area contributed by atoms with E-state index in [0.29, 0.717) is 13.1 Å². The Morgan fingerprint density at radius 3 is 2.14 bits per heavy atom. The average Bonchev–Trinajstić information content (AvgIpc) is 2.10. The lowest BCUT2D eigenvalue weighted by Crippen LogP contribution is -2.70. The van der Waals surface area contributed by atoms with Crippen LogP contribution in [-0.2, 0) is 4.74 Å². The van der Waals surface area contributed by atoms with Gasteiger partial charge in [-0.25, -0.2) is 4.79 Å². The Labute approximate surface area is 128 Å². The van der Waals surface area contributed by atoms with Gasteiger partial charge in [-0.2, -0.15) is 13.2 Å². The molecule has 2 aliphatic heterocycles. The monoisotopic (exact) mass is 320 g/mol. The van der Waals surface area contributed by atoms with E-state index in [2.05, 4.69) is 0 Å². The van der Waals surface area contributed by atoms with Crippen LogP contribution in [-0.4, -0.2) is 59.9 Å². The van der Waals surface area contributed by atoms with E-state index in [0.717, 1.165) is 12.8 Å². The minimum Gasteiger partial charge on any atom is -0.444 e. The maximum Gasteiger partial charge on any atom is 0.410 e. The van der Waals surface area contributed by atoms with Crippen LogP contribution in [0.5, 0.6) is 0 Å². The number of carbonyl (C=O) groups excluding carboxylic acids is 1. The number of carbonyl (C=O) groups is 1. The van der Waals surface area contributed by atoms with Gasteiger partial charge in [-0.3, -0.25) is 4.90 Å². The molecule has 3 rings (SSSR count). The Balaban J connectivity index is 1.38. The van der Waals surface area contributed by atoms with E-state index in [1.54, 1.807) is 4.90 Å². The van der Waals surface area contributed by atoms with Crippen molar-refractivity contribution in [3.05, 3.63) is 0 Å². The second-order valence-corrected chi connectivity index (χ2v) is 8.09. The summed E-state index contributed by atoms with van der Waals surface area (Å²) in [5.74, 6) is -1.15. The van der Waals surface area contributed by atoms with E-state index in [-0.39, 0.29) is 30.6 Å². The van der Waals surface area contributed by atoms with Gasteiger partial charge in [0, 0.05) is 37.6 Å². The number of amides is 1. The highest BCUT2D eigenvalue weighted by atomic mass is 19.4. The van der Waals surface area contributed by atoms with Crippen molar-refractivity contribution in [2.45, 2.75) is 51.4 Å². The summed E-state index contributed by atoms with van der Waals surface area (Å²) < 4.78 is 42.8. The molecule has 3 aliphatic rings. The third kappa shape index (κ3) is 2.92. The summed E-state index contributed by atoms with van der Waals surface area (Å²) in [5, 5.41) is 0. The van der Waals surface area contributed by atoms with Crippen LogP contribution in [0.15, 0.2) is 0 Å². The first-order valence-electron chi connectivity index (χ1n) is 7.76. The highest BCUT2D eigenvalue weighted by Crippen LogP contribution is 2.52. The van der Waals surface area contributed by atoms with Gasteiger partial charge in [-0.1, -0.05) is 0 Å². The van der Waals surface area contributed by atoms with E-state index >= 15 is 0 Å². The van der Waals surface area contributed by atoms with Crippen molar-refractivity contribution in [2.24, 2.45) is 11.3 Å². The van der Waals surface area contributed by atoms with E-state index < -0.39 is 17.7 Å². The van der Waals surface area contributed by atoms with E-state index in [1.807, 2.05) is 25.7 Å². The molecule has 0 N–H and O–H groups in total. The van der Waals surface area contributed by atoms with Gasteiger partial charge in [0.2, 0.25) is 0 Å². The molecule has 0 aromatic heterocycles. The number of hydrogen-bond donors (Lipinski definition) is 0. The molecule has 22 heavy (non-hydrogen) atoms. The molecule has 2 saturated heterocycles. The quantitative estimate of drug-likeness (QED) is 0.745. The smallest absolute Gasteiger partial charge is 0.410 e. The van der Waals surface area contributed by atoms with Gasteiger partial charge >= 0.3 is 12.3 Å². The molecule has 0 unspecified atom stereocenters. The minimum atomic E-state index is -4.05. The minimum absolute atomic E-state index is 0.130. The van der Waals surface area contributed by atoms with E-state index in [9.17, 15) is 18.0 Å². The second-order valence-electron chi connectivity index (χ2n) is 8.09. The molecule has 0 aromatic carbocycles. The largest absolute Gasteiger partial charge is 0.444 e. The second kappa shape index (κ2) is 4.76. The first kappa shape index (κ1) is 15.9. The number of ether oxygens (including phenoxy) is 1. The molecule has 126 valence electrons. The predicted octanol–water partition coefficient (Wildman–Crippen LogP) is 2.88. The summed E-state index contributed by atoms with van der Waals surface area (Å²) in [6, 6.07) is 0.263. The molecule has 0 atom stereocenters. The lowest BCUT2D eigenvalue weighted by Gasteiger charge is -2.62. The van der Waals surface area contributed by atoms with Gasteiger partial charge < -0.3 is 9.64 Å². The van der Waals surface area contributed by atoms with Crippen LogP contribution in [0.4, 0.5) is 18.0 Å². The third-order valence-corrected chi connectivity index (χ3v) is 4.93. The first-order chi connectivity index (χ1) is 9.97. The van der Waals surface area contributed by atoms with Crippen molar-refractivity contribution in [1.29, 1.82) is 0 Å². The normalized spacial score (nSPS) is 26.4. The zero-order valence-corrected chi connectivity index (χ0v) is 13.2. The summed E-state index contributed by atoms with van der Waals surface area (Å²) in [6.45, 7) is 7.13. The van der Waals surface area contributed by atoms with Gasteiger partial charge in [0.15, 0.2) is 0 Å². The molecule has 1 saturated carbocycles.